The van der Waals surface area contributed by atoms with Crippen molar-refractivity contribution in [3.63, 3.8) is 0 Å². The van der Waals surface area contributed by atoms with E-state index in [-0.39, 0.29) is 6.61 Å². The molecule has 0 aliphatic carbocycles. The zero-order chi connectivity index (χ0) is 22.1. The van der Waals surface area contributed by atoms with Gasteiger partial charge in [-0.15, -0.1) is 0 Å². The number of hydrogen-bond donors (Lipinski definition) is 2. The monoisotopic (exact) mass is 435 g/mol. The lowest BCUT2D eigenvalue weighted by atomic mass is 10.1. The second kappa shape index (κ2) is 11.0. The summed E-state index contributed by atoms with van der Waals surface area (Å²) in [5.41, 5.74) is 4.19. The Morgan fingerprint density at radius 1 is 1.06 bits per heavy atom. The molecule has 0 bridgehead atoms. The first kappa shape index (κ1) is 22.9. The van der Waals surface area contributed by atoms with Gasteiger partial charge in [-0.3, -0.25) is 0 Å². The maximum absolute atomic E-state index is 12.1. The van der Waals surface area contributed by atoms with Crippen molar-refractivity contribution in [2.45, 2.75) is 39.1 Å². The number of nitrogens with one attached hydrogen (secondary N) is 2. The van der Waals surface area contributed by atoms with Crippen LogP contribution in [0.4, 0.5) is 13.2 Å². The van der Waals surface area contributed by atoms with Crippen LogP contribution in [0.1, 0.15) is 29.2 Å². The van der Waals surface area contributed by atoms with Crippen LogP contribution in [0.5, 0.6) is 5.75 Å². The molecule has 0 aromatic heterocycles. The van der Waals surface area contributed by atoms with Gasteiger partial charge in [-0.1, -0.05) is 36.4 Å². The van der Waals surface area contributed by atoms with Crippen LogP contribution >= 0.6 is 0 Å². The van der Waals surface area contributed by atoms with E-state index in [1.54, 1.807) is 12.1 Å². The molecule has 168 valence electrons. The van der Waals surface area contributed by atoms with Gasteiger partial charge in [0, 0.05) is 19.5 Å². The highest BCUT2D eigenvalue weighted by atomic mass is 19.4. The molecule has 1 heterocycles. The lowest BCUT2D eigenvalue weighted by molar-refractivity contribution is -0.176. The van der Waals surface area contributed by atoms with Crippen LogP contribution in [-0.4, -0.2) is 38.4 Å². The van der Waals surface area contributed by atoms with Crippen molar-refractivity contribution >= 4 is 5.96 Å². The van der Waals surface area contributed by atoms with Crippen molar-refractivity contribution in [3.05, 3.63) is 64.7 Å². The van der Waals surface area contributed by atoms with E-state index in [9.17, 15) is 13.2 Å². The van der Waals surface area contributed by atoms with Gasteiger partial charge in [0.2, 0.25) is 0 Å². The molecule has 0 atom stereocenters. The van der Waals surface area contributed by atoms with Gasteiger partial charge in [-0.25, -0.2) is 4.99 Å². The van der Waals surface area contributed by atoms with Crippen molar-refractivity contribution in [3.8, 4) is 5.75 Å². The molecule has 0 saturated heterocycles. The maximum atomic E-state index is 12.1. The summed E-state index contributed by atoms with van der Waals surface area (Å²) in [5, 5.41) is 6.57. The molecule has 0 unspecified atom stereocenters. The van der Waals surface area contributed by atoms with Crippen LogP contribution < -0.4 is 15.4 Å². The number of ether oxygens (including phenoxy) is 2. The molecule has 1 aliphatic rings. The molecule has 0 spiro atoms. The minimum absolute atomic E-state index is 0.0674. The third-order valence-corrected chi connectivity index (χ3v) is 4.78. The minimum atomic E-state index is -4.31. The SMILES string of the molecule is CCNC(=NCc1ccc(COCC(F)(F)F)cc1)NCCc1ccc2c(c1)CCO2. The third-order valence-electron chi connectivity index (χ3n) is 4.78. The molecule has 5 nitrogen and oxygen atoms in total. The Morgan fingerprint density at radius 3 is 2.55 bits per heavy atom. The van der Waals surface area contributed by atoms with Gasteiger partial charge >= 0.3 is 6.18 Å². The molecule has 0 saturated carbocycles. The summed E-state index contributed by atoms with van der Waals surface area (Å²) in [5.74, 6) is 1.72. The fourth-order valence-electron chi connectivity index (χ4n) is 3.26. The summed E-state index contributed by atoms with van der Waals surface area (Å²) in [6.45, 7) is 3.43. The van der Waals surface area contributed by atoms with E-state index in [0.717, 1.165) is 49.8 Å². The van der Waals surface area contributed by atoms with E-state index in [1.165, 1.54) is 11.1 Å². The van der Waals surface area contributed by atoms with Crippen molar-refractivity contribution < 1.29 is 22.6 Å². The average molecular weight is 435 g/mol. The first-order chi connectivity index (χ1) is 14.9. The van der Waals surface area contributed by atoms with Crippen LogP contribution in [0, 0.1) is 0 Å². The molecule has 2 aromatic rings. The first-order valence-electron chi connectivity index (χ1n) is 10.4. The molecule has 8 heteroatoms. The van der Waals surface area contributed by atoms with Gasteiger partial charge in [0.1, 0.15) is 12.4 Å². The largest absolute Gasteiger partial charge is 0.493 e. The molecule has 31 heavy (non-hydrogen) atoms. The Bertz CT molecular complexity index is 867. The molecule has 2 aromatic carbocycles. The highest BCUT2D eigenvalue weighted by Crippen LogP contribution is 2.25. The summed E-state index contributed by atoms with van der Waals surface area (Å²) in [7, 11) is 0. The molecule has 0 radical (unpaired) electrons. The second-order valence-corrected chi connectivity index (χ2v) is 7.34. The van der Waals surface area contributed by atoms with Crippen LogP contribution in [-0.2, 0) is 30.7 Å². The summed E-state index contributed by atoms with van der Waals surface area (Å²) < 4.78 is 46.7. The fourth-order valence-corrected chi connectivity index (χ4v) is 3.26. The number of benzene rings is 2. The topological polar surface area (TPSA) is 54.9 Å². The quantitative estimate of drug-likeness (QED) is 0.462. The summed E-state index contributed by atoms with van der Waals surface area (Å²) >= 11 is 0. The fraction of sp³-hybridized carbons (Fsp3) is 0.435. The highest BCUT2D eigenvalue weighted by Gasteiger charge is 2.27. The van der Waals surface area contributed by atoms with Gasteiger partial charge in [0.15, 0.2) is 5.96 Å². The predicted octanol–water partition coefficient (Wildman–Crippen LogP) is 4.00. The maximum Gasteiger partial charge on any atom is 0.411 e. The Kier molecular flexibility index (Phi) is 8.17. The van der Waals surface area contributed by atoms with Crippen LogP contribution in [0.2, 0.25) is 0 Å². The van der Waals surface area contributed by atoms with Gasteiger partial charge < -0.3 is 20.1 Å². The zero-order valence-electron chi connectivity index (χ0n) is 17.6. The lowest BCUT2D eigenvalue weighted by Crippen LogP contribution is -2.38. The smallest absolute Gasteiger partial charge is 0.411 e. The Hall–Kier alpha value is -2.74. The Balaban J connectivity index is 1.46. The van der Waals surface area contributed by atoms with Crippen molar-refractivity contribution in [2.75, 3.05) is 26.3 Å². The van der Waals surface area contributed by atoms with Gasteiger partial charge in [0.05, 0.1) is 19.8 Å². The first-order valence-corrected chi connectivity index (χ1v) is 10.4. The number of alkyl halides is 3. The van der Waals surface area contributed by atoms with Gasteiger partial charge in [-0.2, -0.15) is 13.2 Å². The second-order valence-electron chi connectivity index (χ2n) is 7.34. The van der Waals surface area contributed by atoms with Gasteiger partial charge in [0.25, 0.3) is 0 Å². The Labute approximate surface area is 180 Å². The molecule has 0 amide bonds. The zero-order valence-corrected chi connectivity index (χ0v) is 17.6. The minimum Gasteiger partial charge on any atom is -0.493 e. The standard InChI is InChI=1S/C23H28F3N3O2/c1-2-27-22(28-11-9-17-7-8-21-20(13-17)10-12-31-21)29-14-18-3-5-19(6-4-18)15-30-16-23(24,25)26/h3-8,13H,2,9-12,14-16H2,1H3,(H2,27,28,29). The number of aliphatic imine (C=N–C) groups is 1. The number of nitrogens with zero attached hydrogens (tertiary/aromatic N) is 1. The molecular formula is C23H28F3N3O2. The van der Waals surface area contributed by atoms with Crippen molar-refractivity contribution in [1.82, 2.24) is 10.6 Å². The van der Waals surface area contributed by atoms with E-state index in [1.807, 2.05) is 25.1 Å². The predicted molar refractivity (Wildman–Crippen MR) is 114 cm³/mol. The molecule has 2 N–H and O–H groups in total. The van der Waals surface area contributed by atoms with Gasteiger partial charge in [-0.05, 0) is 41.7 Å². The number of halogens is 3. The van der Waals surface area contributed by atoms with E-state index >= 15 is 0 Å². The number of hydrogen-bond acceptors (Lipinski definition) is 3. The van der Waals surface area contributed by atoms with E-state index in [0.29, 0.717) is 12.1 Å². The normalized spacial score (nSPS) is 13.6. The van der Waals surface area contributed by atoms with Crippen LogP contribution in [0.3, 0.4) is 0 Å². The molecule has 3 rings (SSSR count). The van der Waals surface area contributed by atoms with E-state index in [4.69, 9.17) is 4.74 Å². The summed E-state index contributed by atoms with van der Waals surface area (Å²) in [6, 6.07) is 13.6. The van der Waals surface area contributed by atoms with Crippen LogP contribution in [0.25, 0.3) is 0 Å². The van der Waals surface area contributed by atoms with E-state index < -0.39 is 12.8 Å². The number of rotatable bonds is 9. The summed E-state index contributed by atoms with van der Waals surface area (Å²) in [6.07, 6.45) is -2.46. The summed E-state index contributed by atoms with van der Waals surface area (Å²) in [4.78, 5) is 4.59. The Morgan fingerprint density at radius 2 is 1.81 bits per heavy atom. The average Bonchev–Trinajstić information content (AvgIpc) is 3.20. The third kappa shape index (κ3) is 7.79. The molecule has 1 aliphatic heterocycles. The van der Waals surface area contributed by atoms with Crippen molar-refractivity contribution in [2.24, 2.45) is 4.99 Å². The molecule has 0 fully saturated rings. The number of fused-ring (bicyclic) bond motifs is 1. The number of guanidine groups is 1. The lowest BCUT2D eigenvalue weighted by Gasteiger charge is -2.12. The van der Waals surface area contributed by atoms with Crippen LogP contribution in [0.15, 0.2) is 47.5 Å². The van der Waals surface area contributed by atoms with Crippen molar-refractivity contribution in [1.29, 1.82) is 0 Å². The van der Waals surface area contributed by atoms with E-state index in [2.05, 4.69) is 32.5 Å². The molecular weight excluding hydrogens is 407 g/mol. The highest BCUT2D eigenvalue weighted by molar-refractivity contribution is 5.79.